The number of hydrogen-bond donors (Lipinski definition) is 0. The fourth-order valence-electron chi connectivity index (χ4n) is 2.28. The Morgan fingerprint density at radius 2 is 2.19 bits per heavy atom. The molecule has 1 amide bonds. The van der Waals surface area contributed by atoms with E-state index in [-0.39, 0.29) is 0 Å². The molecule has 1 saturated heterocycles. The Morgan fingerprint density at radius 1 is 1.50 bits per heavy atom. The summed E-state index contributed by atoms with van der Waals surface area (Å²) in [7, 11) is 4.10. The van der Waals surface area contributed by atoms with E-state index >= 15 is 0 Å². The third-order valence-corrected chi connectivity index (χ3v) is 3.83. The maximum Gasteiger partial charge on any atom is 0.222 e. The van der Waals surface area contributed by atoms with E-state index < -0.39 is 0 Å². The van der Waals surface area contributed by atoms with Crippen molar-refractivity contribution < 1.29 is 4.79 Å². The summed E-state index contributed by atoms with van der Waals surface area (Å²) in [6, 6.07) is 0. The van der Waals surface area contributed by atoms with Crippen LogP contribution in [0.4, 0.5) is 0 Å². The number of nitrogens with zero attached hydrogens (tertiary/aromatic N) is 2. The van der Waals surface area contributed by atoms with Gasteiger partial charge in [-0.05, 0) is 32.4 Å². The molecule has 1 rings (SSSR count). The normalized spacial score (nSPS) is 23.9. The first-order valence-electron chi connectivity index (χ1n) is 6.47. The number of rotatable bonds is 5. The van der Waals surface area contributed by atoms with Crippen LogP contribution < -0.4 is 0 Å². The van der Waals surface area contributed by atoms with Crippen molar-refractivity contribution in [2.75, 3.05) is 33.7 Å². The van der Waals surface area contributed by atoms with Gasteiger partial charge in [0, 0.05) is 26.1 Å². The average molecular weight is 226 g/mol. The Balaban J connectivity index is 2.37. The average Bonchev–Trinajstić information content (AvgIpc) is 2.26. The maximum atomic E-state index is 11.9. The molecule has 1 aliphatic heterocycles. The lowest BCUT2D eigenvalue weighted by Crippen LogP contribution is -2.43. The lowest BCUT2D eigenvalue weighted by Gasteiger charge is -2.34. The molecule has 0 saturated carbocycles. The van der Waals surface area contributed by atoms with Crippen LogP contribution in [0.3, 0.4) is 0 Å². The molecule has 0 aromatic heterocycles. The summed E-state index contributed by atoms with van der Waals surface area (Å²) in [4.78, 5) is 16.1. The Hall–Kier alpha value is -0.570. The lowest BCUT2D eigenvalue weighted by atomic mass is 9.83. The minimum Gasteiger partial charge on any atom is -0.341 e. The molecule has 0 aromatic carbocycles. The van der Waals surface area contributed by atoms with Crippen LogP contribution in [0.15, 0.2) is 0 Å². The molecule has 0 bridgehead atoms. The molecular formula is C13H26N2O. The Kier molecular flexibility index (Phi) is 5.26. The molecule has 0 spiro atoms. The largest absolute Gasteiger partial charge is 0.341 e. The van der Waals surface area contributed by atoms with Crippen molar-refractivity contribution in [2.45, 2.75) is 33.1 Å². The molecule has 1 fully saturated rings. The number of likely N-dealkylation sites (tertiary alicyclic amines) is 1. The van der Waals surface area contributed by atoms with Gasteiger partial charge in [-0.25, -0.2) is 0 Å². The van der Waals surface area contributed by atoms with Crippen LogP contribution in [0.5, 0.6) is 0 Å². The van der Waals surface area contributed by atoms with E-state index in [0.717, 1.165) is 26.1 Å². The molecule has 0 aliphatic carbocycles. The predicted molar refractivity (Wildman–Crippen MR) is 67.3 cm³/mol. The van der Waals surface area contributed by atoms with Crippen LogP contribution in [0.1, 0.15) is 33.1 Å². The van der Waals surface area contributed by atoms with E-state index in [4.69, 9.17) is 0 Å². The molecular weight excluding hydrogens is 200 g/mol. The predicted octanol–water partition coefficient (Wildman–Crippen LogP) is 1.83. The van der Waals surface area contributed by atoms with Gasteiger partial charge in [-0.2, -0.15) is 0 Å². The third kappa shape index (κ3) is 3.78. The summed E-state index contributed by atoms with van der Waals surface area (Å²) < 4.78 is 0. The van der Waals surface area contributed by atoms with E-state index in [1.165, 1.54) is 12.8 Å². The highest BCUT2D eigenvalue weighted by molar-refractivity contribution is 5.77. The summed E-state index contributed by atoms with van der Waals surface area (Å²) >= 11 is 0. The van der Waals surface area contributed by atoms with Crippen LogP contribution in [-0.4, -0.2) is 49.4 Å². The van der Waals surface area contributed by atoms with E-state index in [0.29, 0.717) is 17.7 Å². The molecule has 0 aromatic rings. The van der Waals surface area contributed by atoms with Gasteiger partial charge in [0.05, 0.1) is 0 Å². The number of amides is 1. The van der Waals surface area contributed by atoms with Gasteiger partial charge in [-0.3, -0.25) is 4.79 Å². The molecule has 1 aliphatic rings. The van der Waals surface area contributed by atoms with Crippen molar-refractivity contribution in [3.05, 3.63) is 0 Å². The van der Waals surface area contributed by atoms with E-state index in [2.05, 4.69) is 32.8 Å². The number of carbonyl (C=O) groups is 1. The van der Waals surface area contributed by atoms with Gasteiger partial charge in [0.1, 0.15) is 0 Å². The highest BCUT2D eigenvalue weighted by Crippen LogP contribution is 2.27. The summed E-state index contributed by atoms with van der Waals surface area (Å²) in [6.45, 7) is 7.31. The van der Waals surface area contributed by atoms with Gasteiger partial charge < -0.3 is 9.80 Å². The number of likely N-dealkylation sites (N-methyl/N-ethyl adjacent to an activating group) is 1. The highest BCUT2D eigenvalue weighted by atomic mass is 16.2. The van der Waals surface area contributed by atoms with Gasteiger partial charge in [-0.1, -0.05) is 20.3 Å². The van der Waals surface area contributed by atoms with Crippen molar-refractivity contribution in [1.29, 1.82) is 0 Å². The second-order valence-electron chi connectivity index (χ2n) is 5.32. The molecule has 0 radical (unpaired) electrons. The van der Waals surface area contributed by atoms with Crippen molar-refractivity contribution in [2.24, 2.45) is 11.8 Å². The highest BCUT2D eigenvalue weighted by Gasteiger charge is 2.28. The van der Waals surface area contributed by atoms with Crippen molar-refractivity contribution in [3.63, 3.8) is 0 Å². The van der Waals surface area contributed by atoms with E-state index in [1.54, 1.807) is 0 Å². The van der Waals surface area contributed by atoms with Gasteiger partial charge in [0.25, 0.3) is 0 Å². The zero-order chi connectivity index (χ0) is 12.1. The quantitative estimate of drug-likeness (QED) is 0.714. The molecule has 3 heteroatoms. The minimum atomic E-state index is 0.360. The van der Waals surface area contributed by atoms with Crippen molar-refractivity contribution in [1.82, 2.24) is 9.80 Å². The number of carbonyl (C=O) groups excluding carboxylic acids is 1. The SMILES string of the molecule is CCC(C)C1CCN(CCN(C)C)C(=O)C1. The van der Waals surface area contributed by atoms with E-state index in [9.17, 15) is 4.79 Å². The number of piperidine rings is 1. The van der Waals surface area contributed by atoms with Crippen molar-refractivity contribution >= 4 is 5.91 Å². The standard InChI is InChI=1S/C13H26N2O/c1-5-11(2)12-6-7-15(13(16)10-12)9-8-14(3)4/h11-12H,5-10H2,1-4H3. The lowest BCUT2D eigenvalue weighted by molar-refractivity contribution is -0.135. The maximum absolute atomic E-state index is 11.9. The number of hydrogen-bond acceptors (Lipinski definition) is 2. The molecule has 3 nitrogen and oxygen atoms in total. The van der Waals surface area contributed by atoms with Crippen molar-refractivity contribution in [3.8, 4) is 0 Å². The molecule has 1 heterocycles. The Labute approximate surface area is 99.8 Å². The first-order chi connectivity index (χ1) is 7.54. The van der Waals surface area contributed by atoms with Gasteiger partial charge >= 0.3 is 0 Å². The second-order valence-corrected chi connectivity index (χ2v) is 5.32. The van der Waals surface area contributed by atoms with Crippen LogP contribution in [-0.2, 0) is 4.79 Å². The van der Waals surface area contributed by atoms with Crippen LogP contribution in [0, 0.1) is 11.8 Å². The first kappa shape index (κ1) is 13.5. The zero-order valence-corrected chi connectivity index (χ0v) is 11.2. The topological polar surface area (TPSA) is 23.6 Å². The summed E-state index contributed by atoms with van der Waals surface area (Å²) in [5, 5.41) is 0. The van der Waals surface area contributed by atoms with Gasteiger partial charge in [0.2, 0.25) is 5.91 Å². The first-order valence-corrected chi connectivity index (χ1v) is 6.47. The van der Waals surface area contributed by atoms with Crippen LogP contribution in [0.2, 0.25) is 0 Å². The summed E-state index contributed by atoms with van der Waals surface area (Å²) in [6.07, 6.45) is 3.15. The minimum absolute atomic E-state index is 0.360. The summed E-state index contributed by atoms with van der Waals surface area (Å²) in [5.41, 5.74) is 0. The monoisotopic (exact) mass is 226 g/mol. The third-order valence-electron chi connectivity index (χ3n) is 3.83. The van der Waals surface area contributed by atoms with Gasteiger partial charge in [0.15, 0.2) is 0 Å². The Bertz CT molecular complexity index is 228. The van der Waals surface area contributed by atoms with Crippen LogP contribution >= 0.6 is 0 Å². The fourth-order valence-corrected chi connectivity index (χ4v) is 2.28. The summed E-state index contributed by atoms with van der Waals surface area (Å²) in [5.74, 6) is 1.67. The Morgan fingerprint density at radius 3 is 2.69 bits per heavy atom. The fraction of sp³-hybridized carbons (Fsp3) is 0.923. The molecule has 2 unspecified atom stereocenters. The van der Waals surface area contributed by atoms with Crippen LogP contribution in [0.25, 0.3) is 0 Å². The smallest absolute Gasteiger partial charge is 0.222 e. The zero-order valence-electron chi connectivity index (χ0n) is 11.2. The molecule has 0 N–H and O–H groups in total. The molecule has 2 atom stereocenters. The van der Waals surface area contributed by atoms with E-state index in [1.807, 2.05) is 4.90 Å². The van der Waals surface area contributed by atoms with Gasteiger partial charge in [-0.15, -0.1) is 0 Å². The molecule has 94 valence electrons. The molecule has 16 heavy (non-hydrogen) atoms. The second kappa shape index (κ2) is 6.24.